The molecule has 0 bridgehead atoms. The minimum Gasteiger partial charge on any atom is -0.310 e. The Kier molecular flexibility index (Phi) is 8.47. The average molecular weight is 280 g/mol. The summed E-state index contributed by atoms with van der Waals surface area (Å²) in [4.78, 5) is 2.43. The summed E-state index contributed by atoms with van der Waals surface area (Å²) in [6.45, 7) is 10.7. The van der Waals surface area contributed by atoms with E-state index >= 15 is 0 Å². The predicted molar refractivity (Wildman–Crippen MR) is 84.5 cm³/mol. The fourth-order valence-electron chi connectivity index (χ4n) is 2.50. The fraction of sp³-hybridized carbons (Fsp3) is 0.647. The van der Waals surface area contributed by atoms with E-state index in [1.54, 1.807) is 12.1 Å². The van der Waals surface area contributed by atoms with E-state index in [-0.39, 0.29) is 11.9 Å². The lowest BCUT2D eigenvalue weighted by Gasteiger charge is -2.25. The number of rotatable bonds is 10. The summed E-state index contributed by atoms with van der Waals surface area (Å²) < 4.78 is 14.0. The second kappa shape index (κ2) is 9.89. The standard InChI is InChI=1S/C17H29FN2/c1-4-12-19-17(11-14-20(6-3)13-5-2)15-9-7-8-10-16(15)18/h7-10,17,19H,4-6,11-14H2,1-3H3. The van der Waals surface area contributed by atoms with Crippen molar-refractivity contribution in [1.29, 1.82) is 0 Å². The number of nitrogens with one attached hydrogen (secondary N) is 1. The van der Waals surface area contributed by atoms with Crippen LogP contribution in [0.15, 0.2) is 24.3 Å². The Bertz CT molecular complexity index is 368. The molecule has 0 radical (unpaired) electrons. The largest absolute Gasteiger partial charge is 0.310 e. The van der Waals surface area contributed by atoms with Gasteiger partial charge in [0.15, 0.2) is 0 Å². The molecule has 1 rings (SSSR count). The lowest BCUT2D eigenvalue weighted by atomic mass is 10.0. The number of nitrogens with zero attached hydrogens (tertiary/aromatic N) is 1. The molecule has 0 aliphatic heterocycles. The van der Waals surface area contributed by atoms with Crippen LogP contribution in [0.5, 0.6) is 0 Å². The van der Waals surface area contributed by atoms with Crippen LogP contribution in [0.3, 0.4) is 0 Å². The molecule has 1 aromatic carbocycles. The molecule has 0 aromatic heterocycles. The highest BCUT2D eigenvalue weighted by molar-refractivity contribution is 5.21. The highest BCUT2D eigenvalue weighted by Crippen LogP contribution is 2.20. The van der Waals surface area contributed by atoms with Crippen molar-refractivity contribution in [3.8, 4) is 0 Å². The highest BCUT2D eigenvalue weighted by atomic mass is 19.1. The minimum atomic E-state index is -0.0976. The van der Waals surface area contributed by atoms with E-state index in [1.165, 1.54) is 6.42 Å². The van der Waals surface area contributed by atoms with Crippen molar-refractivity contribution in [2.75, 3.05) is 26.2 Å². The van der Waals surface area contributed by atoms with E-state index in [0.717, 1.165) is 44.6 Å². The molecule has 114 valence electrons. The number of hydrogen-bond acceptors (Lipinski definition) is 2. The van der Waals surface area contributed by atoms with Gasteiger partial charge in [0.25, 0.3) is 0 Å². The molecule has 0 spiro atoms. The minimum absolute atomic E-state index is 0.0976. The molecule has 1 aromatic rings. The Hall–Kier alpha value is -0.930. The summed E-state index contributed by atoms with van der Waals surface area (Å²) in [5, 5.41) is 3.48. The smallest absolute Gasteiger partial charge is 0.127 e. The van der Waals surface area contributed by atoms with Crippen LogP contribution in [0.2, 0.25) is 0 Å². The molecule has 1 atom stereocenters. The van der Waals surface area contributed by atoms with E-state index in [0.29, 0.717) is 0 Å². The van der Waals surface area contributed by atoms with Crippen molar-refractivity contribution in [3.05, 3.63) is 35.6 Å². The molecule has 0 saturated heterocycles. The van der Waals surface area contributed by atoms with E-state index in [9.17, 15) is 4.39 Å². The van der Waals surface area contributed by atoms with E-state index in [2.05, 4.69) is 31.0 Å². The molecule has 20 heavy (non-hydrogen) atoms. The van der Waals surface area contributed by atoms with Crippen LogP contribution in [-0.2, 0) is 0 Å². The van der Waals surface area contributed by atoms with Crippen LogP contribution in [-0.4, -0.2) is 31.1 Å². The molecule has 3 heteroatoms. The van der Waals surface area contributed by atoms with Gasteiger partial charge in [0.05, 0.1) is 0 Å². The summed E-state index contributed by atoms with van der Waals surface area (Å²) in [7, 11) is 0. The Morgan fingerprint density at radius 1 is 1.10 bits per heavy atom. The molecule has 0 saturated carbocycles. The molecule has 1 N–H and O–H groups in total. The third-order valence-corrected chi connectivity index (χ3v) is 3.64. The normalized spacial score (nSPS) is 12.8. The monoisotopic (exact) mass is 280 g/mol. The topological polar surface area (TPSA) is 15.3 Å². The van der Waals surface area contributed by atoms with Crippen molar-refractivity contribution in [3.63, 3.8) is 0 Å². The van der Waals surface area contributed by atoms with Gasteiger partial charge in [-0.15, -0.1) is 0 Å². The molecule has 0 amide bonds. The predicted octanol–water partition coefficient (Wildman–Crippen LogP) is 3.99. The van der Waals surface area contributed by atoms with Gasteiger partial charge in [0.1, 0.15) is 5.82 Å². The molecule has 1 unspecified atom stereocenters. The van der Waals surface area contributed by atoms with Crippen LogP contribution in [0.4, 0.5) is 4.39 Å². The van der Waals surface area contributed by atoms with Gasteiger partial charge in [-0.2, -0.15) is 0 Å². The lowest BCUT2D eigenvalue weighted by Crippen LogP contribution is -2.30. The molecular weight excluding hydrogens is 251 g/mol. The zero-order valence-electron chi connectivity index (χ0n) is 13.2. The Morgan fingerprint density at radius 2 is 1.85 bits per heavy atom. The van der Waals surface area contributed by atoms with Crippen molar-refractivity contribution in [1.82, 2.24) is 10.2 Å². The van der Waals surface area contributed by atoms with Gasteiger partial charge in [-0.05, 0) is 51.5 Å². The van der Waals surface area contributed by atoms with Gasteiger partial charge in [-0.1, -0.05) is 39.0 Å². The van der Waals surface area contributed by atoms with Gasteiger partial charge in [0.2, 0.25) is 0 Å². The van der Waals surface area contributed by atoms with Gasteiger partial charge >= 0.3 is 0 Å². The van der Waals surface area contributed by atoms with E-state index in [1.807, 2.05) is 12.1 Å². The SMILES string of the molecule is CCCNC(CCN(CC)CCC)c1ccccc1F. The second-order valence-electron chi connectivity index (χ2n) is 5.25. The van der Waals surface area contributed by atoms with E-state index in [4.69, 9.17) is 0 Å². The van der Waals surface area contributed by atoms with Crippen LogP contribution < -0.4 is 5.32 Å². The maximum atomic E-state index is 14.0. The molecular formula is C17H29FN2. The first kappa shape index (κ1) is 17.1. The molecule has 0 aliphatic carbocycles. The first-order valence-corrected chi connectivity index (χ1v) is 7.93. The summed E-state index contributed by atoms with van der Waals surface area (Å²) >= 11 is 0. The Labute approximate surface area is 123 Å². The first-order valence-electron chi connectivity index (χ1n) is 7.93. The third-order valence-electron chi connectivity index (χ3n) is 3.64. The molecule has 0 aliphatic rings. The Morgan fingerprint density at radius 3 is 2.45 bits per heavy atom. The average Bonchev–Trinajstić information content (AvgIpc) is 2.47. The molecule has 0 fully saturated rings. The van der Waals surface area contributed by atoms with Crippen molar-refractivity contribution >= 4 is 0 Å². The second-order valence-corrected chi connectivity index (χ2v) is 5.25. The van der Waals surface area contributed by atoms with Crippen LogP contribution in [0.1, 0.15) is 51.6 Å². The Balaban J connectivity index is 2.67. The maximum absolute atomic E-state index is 14.0. The highest BCUT2D eigenvalue weighted by Gasteiger charge is 2.15. The number of halogens is 1. The first-order chi connectivity index (χ1) is 9.72. The van der Waals surface area contributed by atoms with Gasteiger partial charge in [-0.25, -0.2) is 4.39 Å². The van der Waals surface area contributed by atoms with Crippen molar-refractivity contribution in [2.24, 2.45) is 0 Å². The van der Waals surface area contributed by atoms with Gasteiger partial charge < -0.3 is 10.2 Å². The zero-order chi connectivity index (χ0) is 14.8. The van der Waals surface area contributed by atoms with Gasteiger partial charge in [0, 0.05) is 11.6 Å². The van der Waals surface area contributed by atoms with Crippen molar-refractivity contribution in [2.45, 2.75) is 46.1 Å². The molecule has 0 heterocycles. The summed E-state index contributed by atoms with van der Waals surface area (Å²) in [5.41, 5.74) is 0.800. The number of benzene rings is 1. The lowest BCUT2D eigenvalue weighted by molar-refractivity contribution is 0.268. The summed E-state index contributed by atoms with van der Waals surface area (Å²) in [6.07, 6.45) is 3.19. The van der Waals surface area contributed by atoms with Crippen LogP contribution >= 0.6 is 0 Å². The zero-order valence-corrected chi connectivity index (χ0v) is 13.2. The van der Waals surface area contributed by atoms with Crippen LogP contribution in [0, 0.1) is 5.82 Å². The quantitative estimate of drug-likeness (QED) is 0.697. The summed E-state index contributed by atoms with van der Waals surface area (Å²) in [6, 6.07) is 7.24. The van der Waals surface area contributed by atoms with Crippen molar-refractivity contribution < 1.29 is 4.39 Å². The number of hydrogen-bond donors (Lipinski definition) is 1. The van der Waals surface area contributed by atoms with E-state index < -0.39 is 0 Å². The third kappa shape index (κ3) is 5.59. The molecule has 2 nitrogen and oxygen atoms in total. The van der Waals surface area contributed by atoms with Crippen LogP contribution in [0.25, 0.3) is 0 Å². The summed E-state index contributed by atoms with van der Waals surface area (Å²) in [5.74, 6) is -0.0976. The van der Waals surface area contributed by atoms with Gasteiger partial charge in [-0.3, -0.25) is 0 Å². The fourth-order valence-corrected chi connectivity index (χ4v) is 2.50. The maximum Gasteiger partial charge on any atom is 0.127 e.